The van der Waals surface area contributed by atoms with Crippen LogP contribution in [0.1, 0.15) is 6.92 Å². The molecule has 0 fully saturated rings. The van der Waals surface area contributed by atoms with Gasteiger partial charge in [-0.05, 0) is 25.1 Å². The maximum Gasteiger partial charge on any atom is 0.235 e. The topological polar surface area (TPSA) is 46.3 Å². The summed E-state index contributed by atoms with van der Waals surface area (Å²) >= 11 is 7.44. The third-order valence-corrected chi connectivity index (χ3v) is 3.64. The molecule has 1 amide bonds. The minimum Gasteiger partial charge on any atom is -0.399 e. The number of anilines is 1. The molecule has 16 heavy (non-hydrogen) atoms. The maximum atomic E-state index is 11.7. The third kappa shape index (κ3) is 3.32. The predicted molar refractivity (Wildman–Crippen MR) is 69.9 cm³/mol. The van der Waals surface area contributed by atoms with Crippen LogP contribution in [0.2, 0.25) is 5.02 Å². The van der Waals surface area contributed by atoms with Gasteiger partial charge < -0.3 is 10.6 Å². The van der Waals surface area contributed by atoms with Gasteiger partial charge >= 0.3 is 0 Å². The average molecular weight is 259 g/mol. The van der Waals surface area contributed by atoms with Crippen LogP contribution in [0, 0.1) is 0 Å². The fourth-order valence-electron chi connectivity index (χ4n) is 1.21. The van der Waals surface area contributed by atoms with Gasteiger partial charge in [-0.1, -0.05) is 11.6 Å². The number of carbonyl (C=O) groups excluding carboxylic acids is 1. The van der Waals surface area contributed by atoms with Crippen molar-refractivity contribution in [1.82, 2.24) is 4.90 Å². The molecule has 1 aromatic carbocycles. The summed E-state index contributed by atoms with van der Waals surface area (Å²) in [6, 6.07) is 5.27. The van der Waals surface area contributed by atoms with Gasteiger partial charge in [0.2, 0.25) is 5.91 Å². The number of hydrogen-bond donors (Lipinski definition) is 1. The smallest absolute Gasteiger partial charge is 0.235 e. The predicted octanol–water partition coefficient (Wildman–Crippen LogP) is 2.49. The number of nitrogens with two attached hydrogens (primary N) is 1. The molecule has 2 N–H and O–H groups in total. The highest BCUT2D eigenvalue weighted by Crippen LogP contribution is 2.32. The Balaban J connectivity index is 2.80. The van der Waals surface area contributed by atoms with Gasteiger partial charge in [0.15, 0.2) is 0 Å². The number of thioether (sulfide) groups is 1. The van der Waals surface area contributed by atoms with Crippen LogP contribution in [-0.2, 0) is 4.79 Å². The molecule has 0 aromatic heterocycles. The largest absolute Gasteiger partial charge is 0.399 e. The van der Waals surface area contributed by atoms with Gasteiger partial charge in [-0.2, -0.15) is 0 Å². The van der Waals surface area contributed by atoms with E-state index in [2.05, 4.69) is 0 Å². The van der Waals surface area contributed by atoms with Crippen molar-refractivity contribution >= 4 is 35.0 Å². The van der Waals surface area contributed by atoms with Crippen LogP contribution < -0.4 is 5.73 Å². The lowest BCUT2D eigenvalue weighted by molar-refractivity contribution is -0.127. The van der Waals surface area contributed by atoms with Crippen LogP contribution in [0.4, 0.5) is 5.69 Å². The molecule has 0 spiro atoms. The first kappa shape index (κ1) is 13.2. The fourth-order valence-corrected chi connectivity index (χ4v) is 2.54. The van der Waals surface area contributed by atoms with Crippen molar-refractivity contribution in [2.45, 2.75) is 17.1 Å². The monoisotopic (exact) mass is 258 g/mol. The van der Waals surface area contributed by atoms with Crippen molar-refractivity contribution < 1.29 is 4.79 Å². The molecule has 1 atom stereocenters. The summed E-state index contributed by atoms with van der Waals surface area (Å²) in [6.45, 7) is 1.85. The molecule has 0 aliphatic carbocycles. The van der Waals surface area contributed by atoms with E-state index in [0.29, 0.717) is 10.7 Å². The van der Waals surface area contributed by atoms with E-state index >= 15 is 0 Å². The number of carbonyl (C=O) groups is 1. The number of amides is 1. The normalized spacial score (nSPS) is 12.2. The summed E-state index contributed by atoms with van der Waals surface area (Å²) in [6.07, 6.45) is 0. The standard InChI is InChI=1S/C11H15ClN2OS/c1-7(11(15)14(2)3)16-10-6-8(13)4-5-9(10)12/h4-7H,13H2,1-3H3. The molecular weight excluding hydrogens is 244 g/mol. The summed E-state index contributed by atoms with van der Waals surface area (Å²) in [5.41, 5.74) is 6.32. The second-order valence-corrected chi connectivity index (χ2v) is 5.47. The van der Waals surface area contributed by atoms with E-state index in [1.807, 2.05) is 6.92 Å². The minimum atomic E-state index is -0.172. The Bertz CT molecular complexity index is 396. The van der Waals surface area contributed by atoms with Gasteiger partial charge in [-0.15, -0.1) is 11.8 Å². The van der Waals surface area contributed by atoms with Gasteiger partial charge in [0.05, 0.1) is 10.3 Å². The Morgan fingerprint density at radius 3 is 2.69 bits per heavy atom. The first-order valence-corrected chi connectivity index (χ1v) is 6.10. The highest BCUT2D eigenvalue weighted by molar-refractivity contribution is 8.00. The van der Waals surface area contributed by atoms with Crippen molar-refractivity contribution in [3.63, 3.8) is 0 Å². The van der Waals surface area contributed by atoms with E-state index in [9.17, 15) is 4.79 Å². The first-order chi connectivity index (χ1) is 7.41. The maximum absolute atomic E-state index is 11.7. The lowest BCUT2D eigenvalue weighted by atomic mass is 10.3. The lowest BCUT2D eigenvalue weighted by Gasteiger charge is -2.16. The number of hydrogen-bond acceptors (Lipinski definition) is 3. The van der Waals surface area contributed by atoms with Gasteiger partial charge in [0.1, 0.15) is 0 Å². The molecule has 0 heterocycles. The second kappa shape index (κ2) is 5.46. The molecule has 0 radical (unpaired) electrons. The molecule has 0 aliphatic rings. The number of halogens is 1. The molecule has 0 saturated carbocycles. The summed E-state index contributed by atoms with van der Waals surface area (Å²) < 4.78 is 0. The van der Waals surface area contributed by atoms with Crippen LogP contribution in [0.15, 0.2) is 23.1 Å². The summed E-state index contributed by atoms with van der Waals surface area (Å²) in [7, 11) is 3.47. The summed E-state index contributed by atoms with van der Waals surface area (Å²) in [4.78, 5) is 14.1. The molecule has 3 nitrogen and oxygen atoms in total. The van der Waals surface area contributed by atoms with Gasteiger partial charge in [-0.25, -0.2) is 0 Å². The van der Waals surface area contributed by atoms with Crippen molar-refractivity contribution in [3.05, 3.63) is 23.2 Å². The lowest BCUT2D eigenvalue weighted by Crippen LogP contribution is -2.29. The molecule has 1 unspecified atom stereocenters. The van der Waals surface area contributed by atoms with Crippen LogP contribution >= 0.6 is 23.4 Å². The van der Waals surface area contributed by atoms with E-state index in [1.54, 1.807) is 37.2 Å². The van der Waals surface area contributed by atoms with Crippen LogP contribution in [-0.4, -0.2) is 30.2 Å². The first-order valence-electron chi connectivity index (χ1n) is 4.84. The van der Waals surface area contributed by atoms with E-state index in [0.717, 1.165) is 4.90 Å². The highest BCUT2D eigenvalue weighted by Gasteiger charge is 2.17. The Morgan fingerprint density at radius 2 is 2.12 bits per heavy atom. The Hall–Kier alpha value is -0.870. The SMILES string of the molecule is CC(Sc1cc(N)ccc1Cl)C(=O)N(C)C. The van der Waals surface area contributed by atoms with Crippen molar-refractivity contribution in [1.29, 1.82) is 0 Å². The number of nitrogen functional groups attached to an aromatic ring is 1. The molecular formula is C11H15ClN2OS. The quantitative estimate of drug-likeness (QED) is 0.669. The number of nitrogens with zero attached hydrogens (tertiary/aromatic N) is 1. The van der Waals surface area contributed by atoms with Gasteiger partial charge in [0.25, 0.3) is 0 Å². The zero-order valence-electron chi connectivity index (χ0n) is 9.53. The molecule has 1 rings (SSSR count). The van der Waals surface area contributed by atoms with E-state index in [4.69, 9.17) is 17.3 Å². The van der Waals surface area contributed by atoms with Crippen LogP contribution in [0.25, 0.3) is 0 Å². The third-order valence-electron chi connectivity index (χ3n) is 2.05. The zero-order chi connectivity index (χ0) is 12.3. The van der Waals surface area contributed by atoms with Gasteiger partial charge in [0, 0.05) is 24.7 Å². The second-order valence-electron chi connectivity index (χ2n) is 3.68. The average Bonchev–Trinajstić information content (AvgIpc) is 2.22. The Labute approximate surface area is 105 Å². The van der Waals surface area contributed by atoms with Crippen LogP contribution in [0.3, 0.4) is 0 Å². The van der Waals surface area contributed by atoms with Crippen molar-refractivity contribution in [3.8, 4) is 0 Å². The van der Waals surface area contributed by atoms with Crippen molar-refractivity contribution in [2.24, 2.45) is 0 Å². The summed E-state index contributed by atoms with van der Waals surface area (Å²) in [5.74, 6) is 0.0588. The van der Waals surface area contributed by atoms with E-state index in [-0.39, 0.29) is 11.2 Å². The van der Waals surface area contributed by atoms with Crippen LogP contribution in [0.5, 0.6) is 0 Å². The zero-order valence-corrected chi connectivity index (χ0v) is 11.1. The highest BCUT2D eigenvalue weighted by atomic mass is 35.5. The summed E-state index contributed by atoms with van der Waals surface area (Å²) in [5, 5.41) is 0.451. The molecule has 88 valence electrons. The number of rotatable bonds is 3. The molecule has 5 heteroatoms. The van der Waals surface area contributed by atoms with E-state index < -0.39 is 0 Å². The molecule has 0 bridgehead atoms. The minimum absolute atomic E-state index is 0.0588. The van der Waals surface area contributed by atoms with Crippen molar-refractivity contribution in [2.75, 3.05) is 19.8 Å². The van der Waals surface area contributed by atoms with E-state index in [1.165, 1.54) is 11.8 Å². The molecule has 0 aliphatic heterocycles. The molecule has 0 saturated heterocycles. The Morgan fingerprint density at radius 1 is 1.50 bits per heavy atom. The van der Waals surface area contributed by atoms with Gasteiger partial charge in [-0.3, -0.25) is 4.79 Å². The number of benzene rings is 1. The fraction of sp³-hybridized carbons (Fsp3) is 0.364. The molecule has 1 aromatic rings. The Kier molecular flexibility index (Phi) is 4.50.